The van der Waals surface area contributed by atoms with Crippen molar-refractivity contribution in [2.45, 2.75) is 47.6 Å². The lowest BCUT2D eigenvalue weighted by Crippen LogP contribution is -2.33. The largest absolute Gasteiger partial charge is 0.319 e. The van der Waals surface area contributed by atoms with Crippen molar-refractivity contribution >= 4 is 11.4 Å². The SMILES string of the molecule is C=C1c2c(C)cc(=O)[nH]c2C(=O)c2c1c(C)cc(=O)n2CCC(C)(C)C. The molecule has 2 aromatic heterocycles. The second-order valence-electron chi connectivity index (χ2n) is 8.23. The Hall–Kier alpha value is -2.69. The van der Waals surface area contributed by atoms with Crippen LogP contribution >= 0.6 is 0 Å². The molecule has 2 aromatic rings. The number of fused-ring (bicyclic) bond motifs is 2. The van der Waals surface area contributed by atoms with Crippen molar-refractivity contribution in [2.24, 2.45) is 5.41 Å². The van der Waals surface area contributed by atoms with Gasteiger partial charge in [-0.05, 0) is 42.4 Å². The van der Waals surface area contributed by atoms with E-state index < -0.39 is 0 Å². The Morgan fingerprint density at radius 2 is 1.65 bits per heavy atom. The van der Waals surface area contributed by atoms with Crippen LogP contribution in [0.15, 0.2) is 28.3 Å². The minimum absolute atomic E-state index is 0.0226. The number of pyridine rings is 2. The monoisotopic (exact) mass is 352 g/mol. The van der Waals surface area contributed by atoms with E-state index in [1.165, 1.54) is 10.6 Å². The Kier molecular flexibility index (Phi) is 4.14. The number of aromatic nitrogens is 2. The maximum absolute atomic E-state index is 13.2. The van der Waals surface area contributed by atoms with Gasteiger partial charge in [0.2, 0.25) is 11.3 Å². The Labute approximate surface area is 152 Å². The number of ketones is 1. The van der Waals surface area contributed by atoms with Crippen LogP contribution in [0.25, 0.3) is 5.57 Å². The van der Waals surface area contributed by atoms with Crippen molar-refractivity contribution in [3.63, 3.8) is 0 Å². The normalized spacial score (nSPS) is 13.6. The van der Waals surface area contributed by atoms with Crippen LogP contribution in [0.3, 0.4) is 0 Å². The van der Waals surface area contributed by atoms with Crippen LogP contribution in [-0.2, 0) is 6.54 Å². The van der Waals surface area contributed by atoms with Crippen molar-refractivity contribution in [3.05, 3.63) is 73.1 Å². The first kappa shape index (κ1) is 18.1. The number of carbonyl (C=O) groups excluding carboxylic acids is 1. The van der Waals surface area contributed by atoms with Gasteiger partial charge in [-0.3, -0.25) is 14.4 Å². The number of H-pyrrole nitrogens is 1. The smallest absolute Gasteiger partial charge is 0.251 e. The zero-order chi connectivity index (χ0) is 19.4. The van der Waals surface area contributed by atoms with Gasteiger partial charge in [-0.15, -0.1) is 0 Å². The fourth-order valence-corrected chi connectivity index (χ4v) is 3.54. The summed E-state index contributed by atoms with van der Waals surface area (Å²) in [6.07, 6.45) is 0.749. The Morgan fingerprint density at radius 1 is 1.04 bits per heavy atom. The maximum atomic E-state index is 13.2. The minimum atomic E-state index is -0.331. The third-order valence-electron chi connectivity index (χ3n) is 4.88. The van der Waals surface area contributed by atoms with E-state index in [4.69, 9.17) is 0 Å². The first-order chi connectivity index (χ1) is 12.0. The number of aryl methyl sites for hydroxylation is 2. The van der Waals surface area contributed by atoms with E-state index in [1.807, 2.05) is 6.92 Å². The quantitative estimate of drug-likeness (QED) is 0.770. The lowest BCUT2D eigenvalue weighted by molar-refractivity contribution is 0.102. The first-order valence-electron chi connectivity index (χ1n) is 8.74. The number of hydrogen-bond acceptors (Lipinski definition) is 3. The highest BCUT2D eigenvalue weighted by Crippen LogP contribution is 2.36. The summed E-state index contributed by atoms with van der Waals surface area (Å²) >= 11 is 0. The summed E-state index contributed by atoms with van der Waals surface area (Å²) in [5, 5.41) is 0. The Balaban J connectivity index is 2.30. The molecule has 0 amide bonds. The maximum Gasteiger partial charge on any atom is 0.251 e. The Bertz CT molecular complexity index is 1060. The van der Waals surface area contributed by atoms with Crippen LogP contribution in [0, 0.1) is 19.3 Å². The van der Waals surface area contributed by atoms with E-state index in [-0.39, 0.29) is 28.0 Å². The fraction of sp³-hybridized carbons (Fsp3) is 0.381. The summed E-state index contributed by atoms with van der Waals surface area (Å²) in [7, 11) is 0. The fourth-order valence-electron chi connectivity index (χ4n) is 3.54. The average Bonchev–Trinajstić information content (AvgIpc) is 2.49. The van der Waals surface area contributed by atoms with Crippen molar-refractivity contribution < 1.29 is 4.79 Å². The van der Waals surface area contributed by atoms with Gasteiger partial charge in [0, 0.05) is 29.8 Å². The predicted octanol–water partition coefficient (Wildman–Crippen LogP) is 3.20. The van der Waals surface area contributed by atoms with Gasteiger partial charge in [-0.25, -0.2) is 0 Å². The van der Waals surface area contributed by atoms with Crippen LogP contribution in [0.5, 0.6) is 0 Å². The lowest BCUT2D eigenvalue weighted by atomic mass is 9.83. The third-order valence-corrected chi connectivity index (χ3v) is 4.88. The third kappa shape index (κ3) is 2.87. The molecule has 0 atom stereocenters. The molecule has 5 heteroatoms. The molecule has 0 aliphatic heterocycles. The van der Waals surface area contributed by atoms with Gasteiger partial charge in [-0.1, -0.05) is 27.4 Å². The summed E-state index contributed by atoms with van der Waals surface area (Å²) in [5.74, 6) is -0.321. The van der Waals surface area contributed by atoms with E-state index in [0.29, 0.717) is 34.5 Å². The summed E-state index contributed by atoms with van der Waals surface area (Å²) in [4.78, 5) is 40.4. The molecule has 26 heavy (non-hydrogen) atoms. The van der Waals surface area contributed by atoms with Crippen LogP contribution in [0.2, 0.25) is 0 Å². The molecule has 1 N–H and O–H groups in total. The number of carbonyl (C=O) groups is 1. The van der Waals surface area contributed by atoms with Crippen molar-refractivity contribution in [2.75, 3.05) is 0 Å². The van der Waals surface area contributed by atoms with E-state index in [1.54, 1.807) is 13.0 Å². The molecule has 0 spiro atoms. The highest BCUT2D eigenvalue weighted by molar-refractivity contribution is 6.17. The van der Waals surface area contributed by atoms with Crippen LogP contribution in [0.1, 0.15) is 65.6 Å². The molecule has 0 radical (unpaired) electrons. The van der Waals surface area contributed by atoms with Gasteiger partial charge >= 0.3 is 0 Å². The molecule has 0 unspecified atom stereocenters. The molecule has 1 aliphatic rings. The van der Waals surface area contributed by atoms with Crippen LogP contribution in [0.4, 0.5) is 0 Å². The molecule has 1 aliphatic carbocycles. The molecular formula is C21H24N2O3. The molecular weight excluding hydrogens is 328 g/mol. The first-order valence-corrected chi connectivity index (χ1v) is 8.74. The van der Waals surface area contributed by atoms with Crippen molar-refractivity contribution in [1.29, 1.82) is 0 Å². The van der Waals surface area contributed by atoms with E-state index in [0.717, 1.165) is 12.0 Å². The molecule has 0 bridgehead atoms. The van der Waals surface area contributed by atoms with Gasteiger partial charge < -0.3 is 9.55 Å². The summed E-state index contributed by atoms with van der Waals surface area (Å²) in [6.45, 7) is 14.5. The van der Waals surface area contributed by atoms with Gasteiger partial charge in [0.25, 0.3) is 5.56 Å². The second-order valence-corrected chi connectivity index (χ2v) is 8.23. The molecule has 5 nitrogen and oxygen atoms in total. The standard InChI is InChI=1S/C21H24N2O3/c1-11-9-14(24)22-18-16(11)13(3)17-12(2)10-15(25)23(19(17)20(18)26)8-7-21(4,5)6/h9-10H,3,7-8H2,1-2,4-6H3,(H,22,24). The lowest BCUT2D eigenvalue weighted by Gasteiger charge is -2.27. The molecule has 0 saturated carbocycles. The summed E-state index contributed by atoms with van der Waals surface area (Å²) < 4.78 is 1.53. The van der Waals surface area contributed by atoms with Crippen LogP contribution in [-0.4, -0.2) is 15.3 Å². The predicted molar refractivity (Wildman–Crippen MR) is 103 cm³/mol. The average molecular weight is 352 g/mol. The Morgan fingerprint density at radius 3 is 2.27 bits per heavy atom. The number of aromatic amines is 1. The summed E-state index contributed by atoms with van der Waals surface area (Å²) in [6, 6.07) is 3.03. The molecule has 3 rings (SSSR count). The van der Waals surface area contributed by atoms with Crippen molar-refractivity contribution in [3.8, 4) is 0 Å². The van der Waals surface area contributed by atoms with Gasteiger partial charge in [0.15, 0.2) is 0 Å². The molecule has 0 saturated heterocycles. The highest BCUT2D eigenvalue weighted by Gasteiger charge is 2.32. The summed E-state index contributed by atoms with van der Waals surface area (Å²) in [5.41, 5.74) is 3.51. The topological polar surface area (TPSA) is 71.9 Å². The van der Waals surface area contributed by atoms with E-state index in [2.05, 4.69) is 32.3 Å². The minimum Gasteiger partial charge on any atom is -0.319 e. The van der Waals surface area contributed by atoms with E-state index >= 15 is 0 Å². The number of hydrogen-bond donors (Lipinski definition) is 1. The zero-order valence-electron chi connectivity index (χ0n) is 15.9. The number of rotatable bonds is 2. The number of nitrogens with one attached hydrogen (secondary N) is 1. The molecule has 0 fully saturated rings. The molecule has 2 heterocycles. The van der Waals surface area contributed by atoms with Gasteiger partial charge in [0.1, 0.15) is 5.69 Å². The highest BCUT2D eigenvalue weighted by atomic mass is 16.1. The molecule has 136 valence electrons. The van der Waals surface area contributed by atoms with Gasteiger partial charge in [-0.2, -0.15) is 0 Å². The van der Waals surface area contributed by atoms with Gasteiger partial charge in [0.05, 0.1) is 5.69 Å². The second kappa shape index (κ2) is 5.94. The zero-order valence-corrected chi connectivity index (χ0v) is 15.9. The van der Waals surface area contributed by atoms with Crippen LogP contribution < -0.4 is 11.1 Å². The van der Waals surface area contributed by atoms with E-state index in [9.17, 15) is 14.4 Å². The van der Waals surface area contributed by atoms with Crippen molar-refractivity contribution in [1.82, 2.24) is 9.55 Å². The molecule has 0 aromatic carbocycles. The number of nitrogens with zero attached hydrogens (tertiary/aromatic N) is 1.